The van der Waals surface area contributed by atoms with Gasteiger partial charge in [-0.05, 0) is 26.0 Å². The second kappa shape index (κ2) is 5.93. The van der Waals surface area contributed by atoms with Crippen molar-refractivity contribution in [3.63, 3.8) is 0 Å². The molecule has 1 aromatic heterocycles. The van der Waals surface area contributed by atoms with Crippen LogP contribution in [-0.4, -0.2) is 59.2 Å². The smallest absolute Gasteiger partial charge is 0.272 e. The maximum Gasteiger partial charge on any atom is 0.272 e. The minimum Gasteiger partial charge on any atom is -0.335 e. The van der Waals surface area contributed by atoms with Gasteiger partial charge in [0.15, 0.2) is 6.29 Å². The Morgan fingerprint density at radius 3 is 2.42 bits per heavy atom. The molecule has 0 N–H and O–H groups in total. The zero-order valence-electron chi connectivity index (χ0n) is 11.4. The van der Waals surface area contributed by atoms with Crippen LogP contribution in [-0.2, 0) is 0 Å². The predicted octanol–water partition coefficient (Wildman–Crippen LogP) is 1.06. The van der Waals surface area contributed by atoms with Gasteiger partial charge in [-0.25, -0.2) is 0 Å². The van der Waals surface area contributed by atoms with Crippen LogP contribution in [0.2, 0.25) is 0 Å². The number of rotatable bonds is 3. The fourth-order valence-electron chi connectivity index (χ4n) is 2.20. The van der Waals surface area contributed by atoms with E-state index in [9.17, 15) is 9.59 Å². The van der Waals surface area contributed by atoms with Crippen molar-refractivity contribution in [2.24, 2.45) is 0 Å². The summed E-state index contributed by atoms with van der Waals surface area (Å²) in [6.45, 7) is 7.59. The molecule has 0 spiro atoms. The minimum absolute atomic E-state index is 0.0548. The lowest BCUT2D eigenvalue weighted by molar-refractivity contribution is 0.0590. The van der Waals surface area contributed by atoms with Crippen molar-refractivity contribution in [2.75, 3.05) is 26.2 Å². The van der Waals surface area contributed by atoms with E-state index >= 15 is 0 Å². The van der Waals surface area contributed by atoms with E-state index in [1.54, 1.807) is 12.1 Å². The average molecular weight is 261 g/mol. The van der Waals surface area contributed by atoms with Crippen LogP contribution >= 0.6 is 0 Å². The Kier molecular flexibility index (Phi) is 4.27. The number of hydrogen-bond acceptors (Lipinski definition) is 4. The first-order valence-electron chi connectivity index (χ1n) is 6.56. The second-order valence-corrected chi connectivity index (χ2v) is 5.02. The number of nitrogens with zero attached hydrogens (tertiary/aromatic N) is 3. The number of piperazine rings is 1. The zero-order chi connectivity index (χ0) is 13.8. The summed E-state index contributed by atoms with van der Waals surface area (Å²) in [5, 5.41) is 0. The maximum atomic E-state index is 12.2. The highest BCUT2D eigenvalue weighted by molar-refractivity contribution is 5.92. The Morgan fingerprint density at radius 1 is 1.26 bits per heavy atom. The number of pyridine rings is 1. The lowest BCUT2D eigenvalue weighted by atomic mass is 10.2. The van der Waals surface area contributed by atoms with Crippen molar-refractivity contribution in [3.8, 4) is 0 Å². The van der Waals surface area contributed by atoms with E-state index < -0.39 is 0 Å². The molecule has 1 aliphatic heterocycles. The zero-order valence-corrected chi connectivity index (χ0v) is 11.4. The van der Waals surface area contributed by atoms with E-state index in [0.29, 0.717) is 17.3 Å². The molecule has 102 valence electrons. The van der Waals surface area contributed by atoms with Gasteiger partial charge in [0.25, 0.3) is 5.91 Å². The molecular weight excluding hydrogens is 242 g/mol. The van der Waals surface area contributed by atoms with E-state index in [-0.39, 0.29) is 5.91 Å². The number of carbonyl (C=O) groups is 2. The van der Waals surface area contributed by atoms with Crippen LogP contribution in [0.5, 0.6) is 0 Å². The first-order valence-corrected chi connectivity index (χ1v) is 6.56. The van der Waals surface area contributed by atoms with E-state index in [1.165, 1.54) is 6.20 Å². The average Bonchev–Trinajstić information content (AvgIpc) is 2.46. The van der Waals surface area contributed by atoms with Crippen molar-refractivity contribution in [3.05, 3.63) is 29.6 Å². The molecule has 1 fully saturated rings. The van der Waals surface area contributed by atoms with Crippen LogP contribution < -0.4 is 0 Å². The van der Waals surface area contributed by atoms with Crippen LogP contribution in [0.3, 0.4) is 0 Å². The Balaban J connectivity index is 1.98. The third kappa shape index (κ3) is 3.17. The molecule has 1 aromatic rings. The molecule has 0 bridgehead atoms. The van der Waals surface area contributed by atoms with Gasteiger partial charge in [-0.1, -0.05) is 0 Å². The van der Waals surface area contributed by atoms with Gasteiger partial charge in [0.2, 0.25) is 0 Å². The van der Waals surface area contributed by atoms with Crippen LogP contribution in [0.1, 0.15) is 34.7 Å². The van der Waals surface area contributed by atoms with Gasteiger partial charge in [0.1, 0.15) is 5.69 Å². The van der Waals surface area contributed by atoms with Crippen molar-refractivity contribution in [1.82, 2.24) is 14.8 Å². The molecule has 0 aliphatic carbocycles. The first-order chi connectivity index (χ1) is 9.11. The largest absolute Gasteiger partial charge is 0.335 e. The standard InChI is InChI=1S/C14H19N3O2/c1-11(2)16-5-7-17(8-6-16)14(19)13-4-3-12(10-18)9-15-13/h3-4,9-11H,5-8H2,1-2H3. The lowest BCUT2D eigenvalue weighted by Gasteiger charge is -2.36. The van der Waals surface area contributed by atoms with Crippen LogP contribution in [0.25, 0.3) is 0 Å². The Bertz CT molecular complexity index is 448. The second-order valence-electron chi connectivity index (χ2n) is 5.02. The molecule has 1 amide bonds. The maximum absolute atomic E-state index is 12.2. The summed E-state index contributed by atoms with van der Waals surface area (Å²) in [4.78, 5) is 31.0. The van der Waals surface area contributed by atoms with Gasteiger partial charge in [-0.15, -0.1) is 0 Å². The molecule has 5 heteroatoms. The number of amides is 1. The van der Waals surface area contributed by atoms with E-state index in [1.807, 2.05) is 4.90 Å². The van der Waals surface area contributed by atoms with Crippen molar-refractivity contribution < 1.29 is 9.59 Å². The minimum atomic E-state index is -0.0548. The Hall–Kier alpha value is -1.75. The first kappa shape index (κ1) is 13.7. The fraction of sp³-hybridized carbons (Fsp3) is 0.500. The van der Waals surface area contributed by atoms with Crippen molar-refractivity contribution >= 4 is 12.2 Å². The molecule has 1 saturated heterocycles. The summed E-state index contributed by atoms with van der Waals surface area (Å²) in [5.74, 6) is -0.0548. The van der Waals surface area contributed by atoms with Crippen LogP contribution in [0.4, 0.5) is 0 Å². The summed E-state index contributed by atoms with van der Waals surface area (Å²) in [6.07, 6.45) is 2.16. The molecule has 19 heavy (non-hydrogen) atoms. The third-order valence-electron chi connectivity index (χ3n) is 3.47. The molecule has 1 aliphatic rings. The van der Waals surface area contributed by atoms with E-state index in [4.69, 9.17) is 0 Å². The molecule has 0 aromatic carbocycles. The number of aromatic nitrogens is 1. The summed E-state index contributed by atoms with van der Waals surface area (Å²) >= 11 is 0. The Labute approximate surface area is 113 Å². The monoisotopic (exact) mass is 261 g/mol. The van der Waals surface area contributed by atoms with Gasteiger partial charge in [0, 0.05) is 44.0 Å². The van der Waals surface area contributed by atoms with Crippen molar-refractivity contribution in [1.29, 1.82) is 0 Å². The van der Waals surface area contributed by atoms with Gasteiger partial charge >= 0.3 is 0 Å². The Morgan fingerprint density at radius 2 is 1.95 bits per heavy atom. The third-order valence-corrected chi connectivity index (χ3v) is 3.47. The number of hydrogen-bond donors (Lipinski definition) is 0. The van der Waals surface area contributed by atoms with Gasteiger partial charge in [-0.2, -0.15) is 0 Å². The molecule has 2 rings (SSSR count). The summed E-state index contributed by atoms with van der Waals surface area (Å²) in [5.41, 5.74) is 0.893. The summed E-state index contributed by atoms with van der Waals surface area (Å²) in [6, 6.07) is 3.75. The highest BCUT2D eigenvalue weighted by atomic mass is 16.2. The summed E-state index contributed by atoms with van der Waals surface area (Å²) in [7, 11) is 0. The van der Waals surface area contributed by atoms with Crippen molar-refractivity contribution in [2.45, 2.75) is 19.9 Å². The highest BCUT2D eigenvalue weighted by Gasteiger charge is 2.23. The molecule has 0 unspecified atom stereocenters. The highest BCUT2D eigenvalue weighted by Crippen LogP contribution is 2.09. The van der Waals surface area contributed by atoms with Crippen LogP contribution in [0, 0.1) is 0 Å². The molecule has 5 nitrogen and oxygen atoms in total. The van der Waals surface area contributed by atoms with Crippen LogP contribution in [0.15, 0.2) is 18.3 Å². The summed E-state index contributed by atoms with van der Waals surface area (Å²) < 4.78 is 0. The normalized spacial score (nSPS) is 16.7. The number of aldehydes is 1. The molecule has 0 saturated carbocycles. The molecular formula is C14H19N3O2. The van der Waals surface area contributed by atoms with Gasteiger partial charge in [-0.3, -0.25) is 19.5 Å². The fourth-order valence-corrected chi connectivity index (χ4v) is 2.20. The molecule has 0 atom stereocenters. The molecule has 0 radical (unpaired) electrons. The van der Waals surface area contributed by atoms with E-state index in [0.717, 1.165) is 32.5 Å². The van der Waals surface area contributed by atoms with E-state index in [2.05, 4.69) is 23.7 Å². The topological polar surface area (TPSA) is 53.5 Å². The SMILES string of the molecule is CC(C)N1CCN(C(=O)c2ccc(C=O)cn2)CC1. The number of carbonyl (C=O) groups excluding carboxylic acids is 2. The predicted molar refractivity (Wildman–Crippen MR) is 72.2 cm³/mol. The lowest BCUT2D eigenvalue weighted by Crippen LogP contribution is -2.50. The van der Waals surface area contributed by atoms with Gasteiger partial charge in [0.05, 0.1) is 0 Å². The molecule has 2 heterocycles. The quantitative estimate of drug-likeness (QED) is 0.763. The van der Waals surface area contributed by atoms with Gasteiger partial charge < -0.3 is 4.90 Å².